The second kappa shape index (κ2) is 8.87. The van der Waals surface area contributed by atoms with Crippen molar-refractivity contribution in [2.24, 2.45) is 0 Å². The molecule has 0 fully saturated rings. The number of hydrogen-bond acceptors (Lipinski definition) is 4. The van der Waals surface area contributed by atoms with Gasteiger partial charge in [0.15, 0.2) is 0 Å². The van der Waals surface area contributed by atoms with Gasteiger partial charge in [-0.1, -0.05) is 6.08 Å². The molecular weight excluding hydrogens is 310 g/mol. The van der Waals surface area contributed by atoms with E-state index < -0.39 is 0 Å². The summed E-state index contributed by atoms with van der Waals surface area (Å²) in [4.78, 5) is 11.9. The van der Waals surface area contributed by atoms with Crippen molar-refractivity contribution in [1.82, 2.24) is 9.78 Å². The molecule has 0 radical (unpaired) electrons. The average molecular weight is 330 g/mol. The highest BCUT2D eigenvalue weighted by Crippen LogP contribution is 2.16. The van der Waals surface area contributed by atoms with Crippen molar-refractivity contribution in [2.45, 2.75) is 25.8 Å². The molecule has 1 N–H and O–H groups in total. The minimum atomic E-state index is -0.149. The van der Waals surface area contributed by atoms with Crippen LogP contribution in [0.4, 0.5) is 5.69 Å². The molecule has 0 spiro atoms. The smallest absolute Gasteiger partial charge is 0.283 e. The van der Waals surface area contributed by atoms with E-state index in [1.807, 2.05) is 0 Å². The number of aromatic nitrogens is 2. The lowest BCUT2D eigenvalue weighted by Crippen LogP contribution is -2.24. The van der Waals surface area contributed by atoms with Gasteiger partial charge in [-0.2, -0.15) is 5.10 Å². The first-order valence-electron chi connectivity index (χ1n) is 6.30. The maximum Gasteiger partial charge on any atom is 0.283 e. The molecule has 5 nitrogen and oxygen atoms in total. The first-order chi connectivity index (χ1) is 9.20. The molecular formula is C13H20BrN3O2. The summed E-state index contributed by atoms with van der Waals surface area (Å²) in [5, 5.41) is 7.29. The SMILES string of the molecule is C=CCn1ncc(NCCCCCOC)c(Br)c1=O. The van der Waals surface area contributed by atoms with Crippen molar-refractivity contribution >= 4 is 21.6 Å². The summed E-state index contributed by atoms with van der Waals surface area (Å²) >= 11 is 3.30. The van der Waals surface area contributed by atoms with Gasteiger partial charge in [0.25, 0.3) is 5.56 Å². The maximum atomic E-state index is 11.9. The van der Waals surface area contributed by atoms with Gasteiger partial charge in [-0.3, -0.25) is 4.79 Å². The summed E-state index contributed by atoms with van der Waals surface area (Å²) in [6.07, 6.45) is 6.48. The number of rotatable bonds is 9. The molecule has 0 aliphatic rings. The number of unbranched alkanes of at least 4 members (excludes halogenated alkanes) is 2. The van der Waals surface area contributed by atoms with Gasteiger partial charge >= 0.3 is 0 Å². The lowest BCUT2D eigenvalue weighted by molar-refractivity contribution is 0.192. The highest BCUT2D eigenvalue weighted by Gasteiger charge is 2.07. The topological polar surface area (TPSA) is 56.1 Å². The van der Waals surface area contributed by atoms with Crippen LogP contribution in [0.5, 0.6) is 0 Å². The molecule has 19 heavy (non-hydrogen) atoms. The molecule has 0 saturated heterocycles. The Bertz CT molecular complexity index is 460. The van der Waals surface area contributed by atoms with E-state index in [0.29, 0.717) is 11.0 Å². The summed E-state index contributed by atoms with van der Waals surface area (Å²) in [7, 11) is 1.71. The van der Waals surface area contributed by atoms with E-state index in [4.69, 9.17) is 4.74 Å². The highest BCUT2D eigenvalue weighted by molar-refractivity contribution is 9.10. The van der Waals surface area contributed by atoms with E-state index in [1.165, 1.54) is 4.68 Å². The van der Waals surface area contributed by atoms with E-state index in [1.54, 1.807) is 19.4 Å². The number of anilines is 1. The Morgan fingerprint density at radius 2 is 2.32 bits per heavy atom. The van der Waals surface area contributed by atoms with Crippen LogP contribution >= 0.6 is 15.9 Å². The number of nitrogens with zero attached hydrogens (tertiary/aromatic N) is 2. The van der Waals surface area contributed by atoms with Gasteiger partial charge in [0.2, 0.25) is 0 Å². The normalized spacial score (nSPS) is 10.4. The predicted octanol–water partition coefficient (Wildman–Crippen LogP) is 2.42. The van der Waals surface area contributed by atoms with Gasteiger partial charge in [0, 0.05) is 20.3 Å². The zero-order chi connectivity index (χ0) is 14.1. The Kier molecular flexibility index (Phi) is 7.43. The predicted molar refractivity (Wildman–Crippen MR) is 80.6 cm³/mol. The number of methoxy groups -OCH3 is 1. The molecule has 1 rings (SSSR count). The number of nitrogens with one attached hydrogen (secondary N) is 1. The quantitative estimate of drug-likeness (QED) is 0.558. The zero-order valence-electron chi connectivity index (χ0n) is 11.2. The van der Waals surface area contributed by atoms with Crippen molar-refractivity contribution in [3.63, 3.8) is 0 Å². The van der Waals surface area contributed by atoms with Gasteiger partial charge < -0.3 is 10.1 Å². The zero-order valence-corrected chi connectivity index (χ0v) is 12.8. The third-order valence-electron chi connectivity index (χ3n) is 2.63. The number of ether oxygens (including phenoxy) is 1. The minimum absolute atomic E-state index is 0.149. The van der Waals surface area contributed by atoms with Gasteiger partial charge in [-0.05, 0) is 35.2 Å². The van der Waals surface area contributed by atoms with Crippen molar-refractivity contribution in [3.8, 4) is 0 Å². The fraction of sp³-hybridized carbons (Fsp3) is 0.538. The first kappa shape index (κ1) is 15.9. The van der Waals surface area contributed by atoms with Crippen LogP contribution in [0.3, 0.4) is 0 Å². The highest BCUT2D eigenvalue weighted by atomic mass is 79.9. The molecule has 1 heterocycles. The van der Waals surface area contributed by atoms with E-state index in [0.717, 1.165) is 38.1 Å². The Morgan fingerprint density at radius 1 is 1.53 bits per heavy atom. The Balaban J connectivity index is 2.48. The number of hydrogen-bond donors (Lipinski definition) is 1. The third kappa shape index (κ3) is 5.16. The maximum absolute atomic E-state index is 11.9. The van der Waals surface area contributed by atoms with Gasteiger partial charge in [0.1, 0.15) is 4.47 Å². The first-order valence-corrected chi connectivity index (χ1v) is 7.09. The molecule has 0 unspecified atom stereocenters. The van der Waals surface area contributed by atoms with Crippen LogP contribution in [0, 0.1) is 0 Å². The summed E-state index contributed by atoms with van der Waals surface area (Å²) in [6.45, 7) is 5.61. The van der Waals surface area contributed by atoms with Crippen LogP contribution in [0.25, 0.3) is 0 Å². The molecule has 0 bridgehead atoms. The Morgan fingerprint density at radius 3 is 3.00 bits per heavy atom. The lowest BCUT2D eigenvalue weighted by Gasteiger charge is -2.09. The molecule has 0 atom stereocenters. The van der Waals surface area contributed by atoms with Crippen LogP contribution in [-0.2, 0) is 11.3 Å². The molecule has 0 aromatic carbocycles. The van der Waals surface area contributed by atoms with Gasteiger partial charge in [0.05, 0.1) is 18.4 Å². The fourth-order valence-electron chi connectivity index (χ4n) is 1.61. The molecule has 0 amide bonds. The Hall–Kier alpha value is -1.14. The number of halogens is 1. The van der Waals surface area contributed by atoms with Crippen LogP contribution < -0.4 is 10.9 Å². The molecule has 106 valence electrons. The summed E-state index contributed by atoms with van der Waals surface area (Å²) in [5.74, 6) is 0. The molecule has 1 aromatic heterocycles. The third-order valence-corrected chi connectivity index (χ3v) is 3.39. The van der Waals surface area contributed by atoms with E-state index in [2.05, 4.69) is 32.9 Å². The molecule has 0 saturated carbocycles. The van der Waals surface area contributed by atoms with Crippen LogP contribution in [-0.4, -0.2) is 30.0 Å². The number of allylic oxidation sites excluding steroid dienone is 1. The fourth-order valence-corrected chi connectivity index (χ4v) is 2.06. The molecule has 0 aliphatic heterocycles. The molecule has 6 heteroatoms. The van der Waals surface area contributed by atoms with Crippen LogP contribution in [0.15, 0.2) is 28.1 Å². The van der Waals surface area contributed by atoms with Crippen molar-refractivity contribution in [3.05, 3.63) is 33.7 Å². The second-order valence-electron chi connectivity index (χ2n) is 4.13. The average Bonchev–Trinajstić information content (AvgIpc) is 2.41. The summed E-state index contributed by atoms with van der Waals surface area (Å²) < 4.78 is 6.86. The van der Waals surface area contributed by atoms with Crippen LogP contribution in [0.1, 0.15) is 19.3 Å². The minimum Gasteiger partial charge on any atom is -0.385 e. The van der Waals surface area contributed by atoms with Crippen LogP contribution in [0.2, 0.25) is 0 Å². The van der Waals surface area contributed by atoms with E-state index in [-0.39, 0.29) is 5.56 Å². The van der Waals surface area contributed by atoms with Gasteiger partial charge in [-0.15, -0.1) is 6.58 Å². The molecule has 1 aromatic rings. The van der Waals surface area contributed by atoms with Crippen molar-refractivity contribution < 1.29 is 4.74 Å². The van der Waals surface area contributed by atoms with Gasteiger partial charge in [-0.25, -0.2) is 4.68 Å². The largest absolute Gasteiger partial charge is 0.385 e. The Labute approximate surface area is 121 Å². The molecule has 0 aliphatic carbocycles. The lowest BCUT2D eigenvalue weighted by atomic mass is 10.2. The standard InChI is InChI=1S/C13H20BrN3O2/c1-3-8-17-13(18)12(14)11(10-16-17)15-7-5-4-6-9-19-2/h3,10,15H,1,4-9H2,2H3. The summed E-state index contributed by atoms with van der Waals surface area (Å²) in [5.41, 5.74) is 0.585. The summed E-state index contributed by atoms with van der Waals surface area (Å²) in [6, 6.07) is 0. The monoisotopic (exact) mass is 329 g/mol. The van der Waals surface area contributed by atoms with Crippen molar-refractivity contribution in [1.29, 1.82) is 0 Å². The van der Waals surface area contributed by atoms with E-state index >= 15 is 0 Å². The van der Waals surface area contributed by atoms with Crippen molar-refractivity contribution in [2.75, 3.05) is 25.6 Å². The van der Waals surface area contributed by atoms with E-state index in [9.17, 15) is 4.79 Å². The second-order valence-corrected chi connectivity index (χ2v) is 4.92.